The lowest BCUT2D eigenvalue weighted by Gasteiger charge is -2.21. The predicted molar refractivity (Wildman–Crippen MR) is 76.2 cm³/mol. The molecule has 98 valence electrons. The van der Waals surface area contributed by atoms with Gasteiger partial charge in [-0.15, -0.1) is 0 Å². The zero-order valence-corrected chi connectivity index (χ0v) is 12.1. The van der Waals surface area contributed by atoms with Crippen molar-refractivity contribution in [3.63, 3.8) is 0 Å². The van der Waals surface area contributed by atoms with E-state index in [1.165, 1.54) is 38.0 Å². The molecule has 0 spiro atoms. The fourth-order valence-corrected chi connectivity index (χ4v) is 3.38. The Kier molecular flexibility index (Phi) is 6.99. The highest BCUT2D eigenvalue weighted by atomic mass is 32.2. The number of nitrogens with one attached hydrogen (secondary N) is 1. The Labute approximate surface area is 111 Å². The second-order valence-corrected chi connectivity index (χ2v) is 7.05. The molecule has 3 heteroatoms. The molecule has 1 aliphatic rings. The molecule has 0 saturated carbocycles. The first-order chi connectivity index (χ1) is 8.14. The largest absolute Gasteiger partial charge is 0.316 e. The molecule has 2 nitrogen and oxygen atoms in total. The van der Waals surface area contributed by atoms with Crippen LogP contribution in [0.15, 0.2) is 0 Å². The van der Waals surface area contributed by atoms with Crippen LogP contribution in [0.1, 0.15) is 52.4 Å². The molecule has 0 aromatic heterocycles. The molecule has 1 atom stereocenters. The van der Waals surface area contributed by atoms with E-state index in [2.05, 4.69) is 23.1 Å². The van der Waals surface area contributed by atoms with Crippen LogP contribution in [0.4, 0.5) is 0 Å². The van der Waals surface area contributed by atoms with E-state index in [1.54, 1.807) is 0 Å². The quantitative estimate of drug-likeness (QED) is 0.705. The second-order valence-electron chi connectivity index (χ2n) is 5.65. The van der Waals surface area contributed by atoms with E-state index in [1.807, 2.05) is 13.8 Å². The third kappa shape index (κ3) is 6.95. The monoisotopic (exact) mass is 254 g/mol. The Hall–Kier alpha value is -0.200. The van der Waals surface area contributed by atoms with Crippen molar-refractivity contribution in [2.75, 3.05) is 18.8 Å². The van der Waals surface area contributed by atoms with Crippen LogP contribution in [-0.4, -0.2) is 24.1 Å². The summed E-state index contributed by atoms with van der Waals surface area (Å²) >= 11 is 2.13. The maximum atomic E-state index is 8.90. The van der Waals surface area contributed by atoms with E-state index in [0.29, 0.717) is 0 Å². The van der Waals surface area contributed by atoms with Crippen molar-refractivity contribution < 1.29 is 0 Å². The first-order valence-electron chi connectivity index (χ1n) is 6.88. The van der Waals surface area contributed by atoms with E-state index >= 15 is 0 Å². The SMILES string of the molecule is CC(C)(C#N)CCCCNCC1CCCCS1. The van der Waals surface area contributed by atoms with Gasteiger partial charge in [-0.1, -0.05) is 12.8 Å². The first kappa shape index (κ1) is 14.9. The summed E-state index contributed by atoms with van der Waals surface area (Å²) in [4.78, 5) is 0. The van der Waals surface area contributed by atoms with Gasteiger partial charge < -0.3 is 5.32 Å². The van der Waals surface area contributed by atoms with E-state index in [9.17, 15) is 0 Å². The van der Waals surface area contributed by atoms with Gasteiger partial charge >= 0.3 is 0 Å². The van der Waals surface area contributed by atoms with Crippen molar-refractivity contribution in [2.45, 2.75) is 57.6 Å². The molecule has 1 N–H and O–H groups in total. The Morgan fingerprint density at radius 3 is 2.82 bits per heavy atom. The minimum Gasteiger partial charge on any atom is -0.316 e. The smallest absolute Gasteiger partial charge is 0.0683 e. The van der Waals surface area contributed by atoms with Crippen LogP contribution in [0.3, 0.4) is 0 Å². The third-order valence-electron chi connectivity index (χ3n) is 3.35. The average molecular weight is 254 g/mol. The number of rotatable bonds is 7. The number of nitriles is 1. The highest BCUT2D eigenvalue weighted by Gasteiger charge is 2.15. The maximum Gasteiger partial charge on any atom is 0.0683 e. The van der Waals surface area contributed by atoms with E-state index in [0.717, 1.165) is 24.6 Å². The van der Waals surface area contributed by atoms with Crippen LogP contribution < -0.4 is 5.32 Å². The van der Waals surface area contributed by atoms with Crippen molar-refractivity contribution in [1.29, 1.82) is 5.26 Å². The van der Waals surface area contributed by atoms with Crippen LogP contribution in [0.2, 0.25) is 0 Å². The van der Waals surface area contributed by atoms with Gasteiger partial charge in [-0.25, -0.2) is 0 Å². The average Bonchev–Trinajstić information content (AvgIpc) is 2.35. The van der Waals surface area contributed by atoms with Crippen molar-refractivity contribution in [3.8, 4) is 6.07 Å². The van der Waals surface area contributed by atoms with Crippen molar-refractivity contribution in [1.82, 2.24) is 5.32 Å². The zero-order chi connectivity index (χ0) is 12.6. The third-order valence-corrected chi connectivity index (χ3v) is 4.75. The molecule has 0 amide bonds. The number of hydrogen-bond acceptors (Lipinski definition) is 3. The van der Waals surface area contributed by atoms with Crippen LogP contribution in [-0.2, 0) is 0 Å². The molecule has 1 saturated heterocycles. The van der Waals surface area contributed by atoms with Crippen LogP contribution in [0, 0.1) is 16.7 Å². The molecule has 0 aromatic rings. The van der Waals surface area contributed by atoms with Crippen LogP contribution >= 0.6 is 11.8 Å². The molecule has 1 heterocycles. The summed E-state index contributed by atoms with van der Waals surface area (Å²) in [5.74, 6) is 1.35. The van der Waals surface area contributed by atoms with Crippen molar-refractivity contribution in [2.24, 2.45) is 5.41 Å². The first-order valence-corrected chi connectivity index (χ1v) is 7.92. The molecule has 0 bridgehead atoms. The maximum absolute atomic E-state index is 8.90. The molecule has 0 radical (unpaired) electrons. The minimum atomic E-state index is -0.140. The van der Waals surface area contributed by atoms with Gasteiger partial charge in [-0.05, 0) is 51.8 Å². The minimum absolute atomic E-state index is 0.140. The molecule has 1 aliphatic heterocycles. The van der Waals surface area contributed by atoms with Gasteiger partial charge in [0.1, 0.15) is 0 Å². The summed E-state index contributed by atoms with van der Waals surface area (Å²) in [6, 6.07) is 2.36. The van der Waals surface area contributed by atoms with Crippen LogP contribution in [0.5, 0.6) is 0 Å². The van der Waals surface area contributed by atoms with Gasteiger partial charge in [-0.3, -0.25) is 0 Å². The molecule has 17 heavy (non-hydrogen) atoms. The lowest BCUT2D eigenvalue weighted by Crippen LogP contribution is -2.27. The number of unbranched alkanes of at least 4 members (excludes halogenated alkanes) is 1. The Morgan fingerprint density at radius 1 is 1.35 bits per heavy atom. The summed E-state index contributed by atoms with van der Waals surface area (Å²) in [5.41, 5.74) is -0.140. The van der Waals surface area contributed by atoms with Gasteiger partial charge in [0.05, 0.1) is 11.5 Å². The van der Waals surface area contributed by atoms with Gasteiger partial charge in [-0.2, -0.15) is 17.0 Å². The Morgan fingerprint density at radius 2 is 2.18 bits per heavy atom. The number of nitrogens with zero attached hydrogens (tertiary/aromatic N) is 1. The fraction of sp³-hybridized carbons (Fsp3) is 0.929. The van der Waals surface area contributed by atoms with Gasteiger partial charge in [0.2, 0.25) is 0 Å². The topological polar surface area (TPSA) is 35.8 Å². The molecular weight excluding hydrogens is 228 g/mol. The Balaban J connectivity index is 1.92. The van der Waals surface area contributed by atoms with Gasteiger partial charge in [0.15, 0.2) is 0 Å². The molecule has 0 aliphatic carbocycles. The molecule has 0 aromatic carbocycles. The fourth-order valence-electron chi connectivity index (χ4n) is 2.10. The standard InChI is InChI=1S/C14H26N2S/c1-14(2,12-15)8-4-5-9-16-11-13-7-3-6-10-17-13/h13,16H,3-11H2,1-2H3. The van der Waals surface area contributed by atoms with Crippen LogP contribution in [0.25, 0.3) is 0 Å². The lowest BCUT2D eigenvalue weighted by molar-refractivity contribution is 0.422. The highest BCUT2D eigenvalue weighted by Crippen LogP contribution is 2.24. The van der Waals surface area contributed by atoms with E-state index < -0.39 is 0 Å². The number of thioether (sulfide) groups is 1. The Bertz CT molecular complexity index is 239. The lowest BCUT2D eigenvalue weighted by atomic mass is 9.89. The van der Waals surface area contributed by atoms with Gasteiger partial charge in [0.25, 0.3) is 0 Å². The molecule has 1 unspecified atom stereocenters. The van der Waals surface area contributed by atoms with E-state index in [4.69, 9.17) is 5.26 Å². The summed E-state index contributed by atoms with van der Waals surface area (Å²) in [7, 11) is 0. The summed E-state index contributed by atoms with van der Waals surface area (Å²) in [6.07, 6.45) is 7.58. The zero-order valence-electron chi connectivity index (χ0n) is 11.3. The highest BCUT2D eigenvalue weighted by molar-refractivity contribution is 7.99. The van der Waals surface area contributed by atoms with Crippen molar-refractivity contribution in [3.05, 3.63) is 0 Å². The number of hydrogen-bond donors (Lipinski definition) is 1. The molecule has 1 rings (SSSR count). The summed E-state index contributed by atoms with van der Waals surface area (Å²) < 4.78 is 0. The summed E-state index contributed by atoms with van der Waals surface area (Å²) in [5, 5.41) is 13.3. The normalized spacial score (nSPS) is 21.1. The van der Waals surface area contributed by atoms with Crippen molar-refractivity contribution >= 4 is 11.8 Å². The summed E-state index contributed by atoms with van der Waals surface area (Å²) in [6.45, 7) is 6.34. The molecular formula is C14H26N2S. The van der Waals surface area contributed by atoms with Gasteiger partial charge in [0, 0.05) is 11.8 Å². The second kappa shape index (κ2) is 8.00. The predicted octanol–water partition coefficient (Wildman–Crippen LogP) is 3.58. The molecule has 1 fully saturated rings. The van der Waals surface area contributed by atoms with E-state index in [-0.39, 0.29) is 5.41 Å².